The summed E-state index contributed by atoms with van der Waals surface area (Å²) < 4.78 is 1.13. The monoisotopic (exact) mass is 320 g/mol. The second kappa shape index (κ2) is 7.70. The molecule has 1 aromatic carbocycles. The van der Waals surface area contributed by atoms with E-state index in [0.29, 0.717) is 0 Å². The predicted molar refractivity (Wildman–Crippen MR) is 93.7 cm³/mol. The Kier molecular flexibility index (Phi) is 5.91. The number of hydrogen-bond donors (Lipinski definition) is 1. The van der Waals surface area contributed by atoms with Crippen molar-refractivity contribution in [2.75, 3.05) is 31.1 Å². The number of anilines is 1. The molecular formula is C17H26N3OS+. The van der Waals surface area contributed by atoms with E-state index in [1.165, 1.54) is 4.90 Å². The summed E-state index contributed by atoms with van der Waals surface area (Å²) in [6, 6.07) is 8.06. The smallest absolute Gasteiger partial charge is 0.231 e. The third-order valence-electron chi connectivity index (χ3n) is 3.96. The fraction of sp³-hybridized carbons (Fsp3) is 0.529. The first-order chi connectivity index (χ1) is 10.6. The fourth-order valence-electron chi connectivity index (χ4n) is 2.46. The van der Waals surface area contributed by atoms with E-state index in [1.54, 1.807) is 11.3 Å². The van der Waals surface area contributed by atoms with Gasteiger partial charge in [-0.2, -0.15) is 0 Å². The highest BCUT2D eigenvalue weighted by Gasteiger charge is 2.23. The zero-order chi connectivity index (χ0) is 16.1. The molecule has 1 amide bonds. The van der Waals surface area contributed by atoms with Crippen molar-refractivity contribution < 1.29 is 9.69 Å². The van der Waals surface area contributed by atoms with Crippen molar-refractivity contribution >= 4 is 32.6 Å². The molecule has 0 radical (unpaired) electrons. The molecule has 0 unspecified atom stereocenters. The molecule has 22 heavy (non-hydrogen) atoms. The summed E-state index contributed by atoms with van der Waals surface area (Å²) in [5.41, 5.74) is 0.972. The number of thiazole rings is 1. The maximum atomic E-state index is 12.6. The van der Waals surface area contributed by atoms with Gasteiger partial charge in [-0.05, 0) is 26.0 Å². The molecule has 1 N–H and O–H groups in total. The van der Waals surface area contributed by atoms with Gasteiger partial charge in [0.25, 0.3) is 0 Å². The Bertz CT molecular complexity index is 586. The lowest BCUT2D eigenvalue weighted by molar-refractivity contribution is -0.894. The van der Waals surface area contributed by atoms with E-state index in [1.807, 2.05) is 36.9 Å². The topological polar surface area (TPSA) is 37.6 Å². The summed E-state index contributed by atoms with van der Waals surface area (Å²) >= 11 is 1.60. The van der Waals surface area contributed by atoms with Crippen molar-refractivity contribution in [3.63, 3.8) is 0 Å². The van der Waals surface area contributed by atoms with Gasteiger partial charge in [-0.15, -0.1) is 0 Å². The summed E-state index contributed by atoms with van der Waals surface area (Å²) in [5, 5.41) is 0.825. The van der Waals surface area contributed by atoms with Crippen molar-refractivity contribution in [1.82, 2.24) is 4.98 Å². The highest BCUT2D eigenvalue weighted by molar-refractivity contribution is 7.22. The standard InChI is InChI=1S/C17H25N3OS/c1-5-19(6-2)11-12-20(16(21)13(3)4)17-18-14-9-7-8-10-15(14)22-17/h7-10,13H,5-6,11-12H2,1-4H3/p+1. The summed E-state index contributed by atoms with van der Waals surface area (Å²) in [7, 11) is 0. The maximum absolute atomic E-state index is 12.6. The summed E-state index contributed by atoms with van der Waals surface area (Å²) in [4.78, 5) is 20.6. The van der Waals surface area contributed by atoms with Gasteiger partial charge in [-0.1, -0.05) is 37.3 Å². The average Bonchev–Trinajstić information content (AvgIpc) is 2.94. The van der Waals surface area contributed by atoms with Gasteiger partial charge in [0.1, 0.15) is 0 Å². The van der Waals surface area contributed by atoms with E-state index in [-0.39, 0.29) is 11.8 Å². The number of carbonyl (C=O) groups excluding carboxylic acids is 1. The normalized spacial score (nSPS) is 11.5. The number of nitrogens with zero attached hydrogens (tertiary/aromatic N) is 2. The SMILES string of the molecule is CC[NH+](CC)CCN(C(=O)C(C)C)c1nc2ccccc2s1. The fourth-order valence-corrected chi connectivity index (χ4v) is 3.46. The molecule has 0 aliphatic heterocycles. The molecule has 0 saturated heterocycles. The van der Waals surface area contributed by atoms with Crippen LogP contribution in [0, 0.1) is 5.92 Å². The van der Waals surface area contributed by atoms with Gasteiger partial charge in [-0.25, -0.2) is 4.98 Å². The Labute approximate surface area is 136 Å². The number of carbonyl (C=O) groups is 1. The number of quaternary nitrogens is 1. The lowest BCUT2D eigenvalue weighted by atomic mass is 10.2. The van der Waals surface area contributed by atoms with Crippen molar-refractivity contribution in [2.24, 2.45) is 5.92 Å². The number of rotatable bonds is 7. The quantitative estimate of drug-likeness (QED) is 0.849. The molecule has 0 aliphatic rings. The van der Waals surface area contributed by atoms with Gasteiger partial charge >= 0.3 is 0 Å². The summed E-state index contributed by atoms with van der Waals surface area (Å²) in [5.74, 6) is 0.143. The maximum Gasteiger partial charge on any atom is 0.231 e. The van der Waals surface area contributed by atoms with Crippen molar-refractivity contribution in [3.8, 4) is 0 Å². The van der Waals surface area contributed by atoms with Crippen LogP contribution in [-0.4, -0.2) is 37.1 Å². The van der Waals surface area contributed by atoms with E-state index >= 15 is 0 Å². The van der Waals surface area contributed by atoms with Crippen LogP contribution in [0.5, 0.6) is 0 Å². The van der Waals surface area contributed by atoms with E-state index in [4.69, 9.17) is 0 Å². The number of para-hydroxylation sites is 1. The lowest BCUT2D eigenvalue weighted by Crippen LogP contribution is -3.12. The zero-order valence-electron chi connectivity index (χ0n) is 13.9. The van der Waals surface area contributed by atoms with Gasteiger partial charge < -0.3 is 4.90 Å². The van der Waals surface area contributed by atoms with Crippen LogP contribution < -0.4 is 9.80 Å². The van der Waals surface area contributed by atoms with Crippen LogP contribution >= 0.6 is 11.3 Å². The minimum Gasteiger partial charge on any atom is -0.334 e. The molecular weight excluding hydrogens is 294 g/mol. The molecule has 0 atom stereocenters. The Hall–Kier alpha value is -1.46. The first-order valence-corrected chi connectivity index (χ1v) is 8.89. The largest absolute Gasteiger partial charge is 0.334 e. The molecule has 0 saturated carbocycles. The Balaban J connectivity index is 2.25. The van der Waals surface area contributed by atoms with Crippen LogP contribution in [0.25, 0.3) is 10.2 Å². The summed E-state index contributed by atoms with van der Waals surface area (Å²) in [6.45, 7) is 12.1. The number of aromatic nitrogens is 1. The third kappa shape index (κ3) is 3.84. The van der Waals surface area contributed by atoms with Gasteiger partial charge in [0.2, 0.25) is 5.91 Å². The van der Waals surface area contributed by atoms with Crippen LogP contribution in [0.15, 0.2) is 24.3 Å². The van der Waals surface area contributed by atoms with E-state index in [9.17, 15) is 4.79 Å². The van der Waals surface area contributed by atoms with Crippen molar-refractivity contribution in [3.05, 3.63) is 24.3 Å². The number of nitrogens with one attached hydrogen (secondary N) is 1. The molecule has 1 aromatic heterocycles. The first-order valence-electron chi connectivity index (χ1n) is 8.07. The van der Waals surface area contributed by atoms with E-state index < -0.39 is 0 Å². The molecule has 0 bridgehead atoms. The van der Waals surface area contributed by atoms with Crippen LogP contribution in [0.3, 0.4) is 0 Å². The molecule has 0 fully saturated rings. The van der Waals surface area contributed by atoms with Crippen molar-refractivity contribution in [1.29, 1.82) is 0 Å². The molecule has 5 heteroatoms. The molecule has 2 aromatic rings. The van der Waals surface area contributed by atoms with Gasteiger partial charge in [0.15, 0.2) is 5.13 Å². The van der Waals surface area contributed by atoms with Gasteiger partial charge in [0.05, 0.1) is 36.4 Å². The minimum atomic E-state index is -0.0151. The second-order valence-electron chi connectivity index (χ2n) is 5.82. The Morgan fingerprint density at radius 2 is 1.95 bits per heavy atom. The molecule has 120 valence electrons. The number of benzene rings is 1. The molecule has 0 spiro atoms. The number of fused-ring (bicyclic) bond motifs is 1. The highest BCUT2D eigenvalue weighted by atomic mass is 32.1. The average molecular weight is 320 g/mol. The van der Waals surface area contributed by atoms with E-state index in [2.05, 4.69) is 24.9 Å². The Morgan fingerprint density at radius 3 is 2.55 bits per heavy atom. The molecule has 1 heterocycles. The zero-order valence-corrected chi connectivity index (χ0v) is 14.7. The summed E-state index contributed by atoms with van der Waals surface area (Å²) in [6.07, 6.45) is 0. The van der Waals surface area contributed by atoms with Gasteiger partial charge in [-0.3, -0.25) is 9.69 Å². The van der Waals surface area contributed by atoms with E-state index in [0.717, 1.165) is 41.5 Å². The van der Waals surface area contributed by atoms with Crippen LogP contribution in [0.4, 0.5) is 5.13 Å². The number of amides is 1. The molecule has 0 aliphatic carbocycles. The van der Waals surface area contributed by atoms with Crippen LogP contribution in [0.1, 0.15) is 27.7 Å². The third-order valence-corrected chi connectivity index (χ3v) is 5.02. The number of hydrogen-bond acceptors (Lipinski definition) is 3. The molecule has 2 rings (SSSR count). The minimum absolute atomic E-state index is 0.0151. The first kappa shape index (κ1) is 16.9. The lowest BCUT2D eigenvalue weighted by Gasteiger charge is -2.24. The Morgan fingerprint density at radius 1 is 1.27 bits per heavy atom. The van der Waals surface area contributed by atoms with Crippen LogP contribution in [-0.2, 0) is 4.79 Å². The highest BCUT2D eigenvalue weighted by Crippen LogP contribution is 2.29. The second-order valence-corrected chi connectivity index (χ2v) is 6.82. The molecule has 4 nitrogen and oxygen atoms in total. The predicted octanol–water partition coefficient (Wildman–Crippen LogP) is 2.21. The van der Waals surface area contributed by atoms with Crippen molar-refractivity contribution in [2.45, 2.75) is 27.7 Å². The number of likely N-dealkylation sites (N-methyl/N-ethyl adjacent to an activating group) is 1. The van der Waals surface area contributed by atoms with Gasteiger partial charge in [0, 0.05) is 5.92 Å². The van der Waals surface area contributed by atoms with Crippen LogP contribution in [0.2, 0.25) is 0 Å².